The predicted molar refractivity (Wildman–Crippen MR) is 54.8 cm³/mol. The molecule has 0 spiro atoms. The number of piperidine rings is 1. The average molecular weight is 197 g/mol. The quantitative estimate of drug-likeness (QED) is 0.564. The number of amides is 1. The summed E-state index contributed by atoms with van der Waals surface area (Å²) in [4.78, 5) is 11.6. The van der Waals surface area contributed by atoms with Gasteiger partial charge in [0.05, 0.1) is 0 Å². The van der Waals surface area contributed by atoms with Crippen molar-refractivity contribution in [2.75, 3.05) is 19.6 Å². The third-order valence-corrected chi connectivity index (χ3v) is 3.64. The van der Waals surface area contributed by atoms with Crippen molar-refractivity contribution in [2.45, 2.75) is 31.2 Å². The van der Waals surface area contributed by atoms with Gasteiger partial charge in [-0.1, -0.05) is 0 Å². The van der Waals surface area contributed by atoms with Crippen molar-refractivity contribution in [3.63, 3.8) is 0 Å². The molecule has 2 aliphatic rings. The Morgan fingerprint density at radius 2 is 2.21 bits per heavy atom. The number of hydrogen-bond acceptors (Lipinski definition) is 3. The van der Waals surface area contributed by atoms with Crippen LogP contribution in [0.5, 0.6) is 0 Å². The zero-order valence-electron chi connectivity index (χ0n) is 8.51. The van der Waals surface area contributed by atoms with Crippen molar-refractivity contribution < 1.29 is 4.79 Å². The van der Waals surface area contributed by atoms with E-state index in [9.17, 15) is 4.79 Å². The van der Waals surface area contributed by atoms with Gasteiger partial charge in [-0.05, 0) is 44.7 Å². The number of nitrogens with one attached hydrogen (secondary N) is 2. The van der Waals surface area contributed by atoms with Gasteiger partial charge in [0.2, 0.25) is 5.91 Å². The molecule has 0 bridgehead atoms. The maximum atomic E-state index is 11.6. The summed E-state index contributed by atoms with van der Waals surface area (Å²) in [5, 5.41) is 6.66. The summed E-state index contributed by atoms with van der Waals surface area (Å²) < 4.78 is 0. The molecule has 0 aliphatic carbocycles. The highest BCUT2D eigenvalue weighted by Crippen LogP contribution is 2.30. The van der Waals surface area contributed by atoms with Gasteiger partial charge >= 0.3 is 0 Å². The van der Waals surface area contributed by atoms with E-state index in [2.05, 4.69) is 10.6 Å². The Morgan fingerprint density at radius 3 is 2.71 bits per heavy atom. The molecule has 2 saturated heterocycles. The zero-order valence-corrected chi connectivity index (χ0v) is 8.51. The molecule has 1 amide bonds. The fraction of sp³-hybridized carbons (Fsp3) is 0.900. The number of carbonyl (C=O) groups is 1. The normalized spacial score (nSPS) is 38.4. The van der Waals surface area contributed by atoms with E-state index < -0.39 is 5.54 Å². The standard InChI is InChI=1S/C10H19N3O/c11-9(14)10(4-1-2-5-13-10)8-3-6-12-7-8/h8,12-13H,1-7H2,(H2,11,14)/t8-,10?/m0/s1. The van der Waals surface area contributed by atoms with Crippen molar-refractivity contribution in [1.82, 2.24) is 10.6 Å². The first-order valence-corrected chi connectivity index (χ1v) is 5.51. The number of nitrogens with two attached hydrogens (primary N) is 1. The largest absolute Gasteiger partial charge is 0.368 e. The number of hydrogen-bond donors (Lipinski definition) is 3. The minimum Gasteiger partial charge on any atom is -0.368 e. The third-order valence-electron chi connectivity index (χ3n) is 3.64. The molecule has 2 atom stereocenters. The highest BCUT2D eigenvalue weighted by Gasteiger charge is 2.45. The van der Waals surface area contributed by atoms with Crippen LogP contribution in [0.2, 0.25) is 0 Å². The summed E-state index contributed by atoms with van der Waals surface area (Å²) in [6.07, 6.45) is 4.26. The van der Waals surface area contributed by atoms with Crippen LogP contribution >= 0.6 is 0 Å². The molecule has 1 unspecified atom stereocenters. The second kappa shape index (κ2) is 3.87. The lowest BCUT2D eigenvalue weighted by atomic mass is 9.76. The van der Waals surface area contributed by atoms with Crippen LogP contribution < -0.4 is 16.4 Å². The van der Waals surface area contributed by atoms with Gasteiger partial charge in [0, 0.05) is 6.54 Å². The van der Waals surface area contributed by atoms with E-state index in [1.54, 1.807) is 0 Å². The molecule has 0 aromatic heterocycles. The second-order valence-electron chi connectivity index (χ2n) is 4.41. The molecule has 0 radical (unpaired) electrons. The molecular weight excluding hydrogens is 178 g/mol. The first-order chi connectivity index (χ1) is 6.76. The van der Waals surface area contributed by atoms with Gasteiger partial charge in [0.25, 0.3) is 0 Å². The Morgan fingerprint density at radius 1 is 1.36 bits per heavy atom. The lowest BCUT2D eigenvalue weighted by molar-refractivity contribution is -0.127. The lowest BCUT2D eigenvalue weighted by Crippen LogP contribution is -2.62. The Labute approximate surface area is 84.6 Å². The Bertz CT molecular complexity index is 217. The van der Waals surface area contributed by atoms with Crippen LogP contribution in [0.15, 0.2) is 0 Å². The molecule has 0 aromatic rings. The van der Waals surface area contributed by atoms with Crippen LogP contribution in [0.3, 0.4) is 0 Å². The minimum atomic E-state index is -0.415. The highest BCUT2D eigenvalue weighted by atomic mass is 16.1. The summed E-state index contributed by atoms with van der Waals surface area (Å²) >= 11 is 0. The maximum Gasteiger partial charge on any atom is 0.238 e. The summed E-state index contributed by atoms with van der Waals surface area (Å²) in [5.41, 5.74) is 5.14. The molecule has 2 aliphatic heterocycles. The lowest BCUT2D eigenvalue weighted by Gasteiger charge is -2.40. The van der Waals surface area contributed by atoms with Gasteiger partial charge in [-0.3, -0.25) is 4.79 Å². The van der Waals surface area contributed by atoms with Crippen molar-refractivity contribution in [3.05, 3.63) is 0 Å². The van der Waals surface area contributed by atoms with E-state index in [0.717, 1.165) is 45.3 Å². The van der Waals surface area contributed by atoms with Gasteiger partial charge in [0.15, 0.2) is 0 Å². The first kappa shape index (κ1) is 9.93. The van der Waals surface area contributed by atoms with E-state index in [-0.39, 0.29) is 5.91 Å². The van der Waals surface area contributed by atoms with Crippen LogP contribution in [0, 0.1) is 5.92 Å². The van der Waals surface area contributed by atoms with Gasteiger partial charge in [-0.2, -0.15) is 0 Å². The summed E-state index contributed by atoms with van der Waals surface area (Å²) in [5.74, 6) is 0.228. The summed E-state index contributed by atoms with van der Waals surface area (Å²) in [7, 11) is 0. The minimum absolute atomic E-state index is 0.161. The fourth-order valence-electron chi connectivity index (χ4n) is 2.76. The van der Waals surface area contributed by atoms with Gasteiger partial charge in [-0.15, -0.1) is 0 Å². The molecule has 2 rings (SSSR count). The summed E-state index contributed by atoms with van der Waals surface area (Å²) in [6, 6.07) is 0. The Kier molecular flexibility index (Phi) is 2.74. The van der Waals surface area contributed by atoms with E-state index >= 15 is 0 Å². The van der Waals surface area contributed by atoms with Crippen LogP contribution in [0.25, 0.3) is 0 Å². The molecule has 4 heteroatoms. The van der Waals surface area contributed by atoms with Gasteiger partial charge < -0.3 is 16.4 Å². The second-order valence-corrected chi connectivity index (χ2v) is 4.41. The van der Waals surface area contributed by atoms with Crippen LogP contribution in [-0.4, -0.2) is 31.1 Å². The van der Waals surface area contributed by atoms with Crippen LogP contribution in [0.4, 0.5) is 0 Å². The first-order valence-electron chi connectivity index (χ1n) is 5.51. The van der Waals surface area contributed by atoms with E-state index in [1.165, 1.54) is 0 Å². The van der Waals surface area contributed by atoms with Crippen LogP contribution in [0.1, 0.15) is 25.7 Å². The Balaban J connectivity index is 2.15. The van der Waals surface area contributed by atoms with E-state index in [0.29, 0.717) is 5.92 Å². The topological polar surface area (TPSA) is 67.2 Å². The SMILES string of the molecule is NC(=O)C1([C@H]2CCNC2)CCCCN1. The van der Waals surface area contributed by atoms with E-state index in [4.69, 9.17) is 5.73 Å². The van der Waals surface area contributed by atoms with Crippen molar-refractivity contribution >= 4 is 5.91 Å². The number of primary amides is 1. The smallest absolute Gasteiger partial charge is 0.238 e. The van der Waals surface area contributed by atoms with Crippen molar-refractivity contribution in [3.8, 4) is 0 Å². The molecule has 4 nitrogen and oxygen atoms in total. The van der Waals surface area contributed by atoms with Crippen molar-refractivity contribution in [2.24, 2.45) is 11.7 Å². The number of carbonyl (C=O) groups excluding carboxylic acids is 1. The molecule has 0 saturated carbocycles. The van der Waals surface area contributed by atoms with Crippen LogP contribution in [-0.2, 0) is 4.79 Å². The Hall–Kier alpha value is -0.610. The maximum absolute atomic E-state index is 11.6. The predicted octanol–water partition coefficient (Wildman–Crippen LogP) is -0.406. The molecule has 2 fully saturated rings. The van der Waals surface area contributed by atoms with Gasteiger partial charge in [-0.25, -0.2) is 0 Å². The molecule has 80 valence electrons. The molecule has 2 heterocycles. The zero-order chi connectivity index (χ0) is 10.0. The third kappa shape index (κ3) is 1.53. The summed E-state index contributed by atoms with van der Waals surface area (Å²) in [6.45, 7) is 2.87. The average Bonchev–Trinajstić information content (AvgIpc) is 2.72. The number of rotatable bonds is 2. The molecule has 0 aromatic carbocycles. The highest BCUT2D eigenvalue weighted by molar-refractivity contribution is 5.85. The monoisotopic (exact) mass is 197 g/mol. The van der Waals surface area contributed by atoms with E-state index in [1.807, 2.05) is 0 Å². The molecular formula is C10H19N3O. The van der Waals surface area contributed by atoms with Crippen molar-refractivity contribution in [1.29, 1.82) is 0 Å². The fourth-order valence-corrected chi connectivity index (χ4v) is 2.76. The van der Waals surface area contributed by atoms with Gasteiger partial charge in [0.1, 0.15) is 5.54 Å². The molecule has 14 heavy (non-hydrogen) atoms. The molecule has 4 N–H and O–H groups in total.